The minimum absolute atomic E-state index is 0.271. The van der Waals surface area contributed by atoms with Crippen LogP contribution in [0.4, 0.5) is 0 Å². The summed E-state index contributed by atoms with van der Waals surface area (Å²) in [6, 6.07) is 22.4. The van der Waals surface area contributed by atoms with E-state index in [1.165, 1.54) is 27.4 Å². The van der Waals surface area contributed by atoms with Crippen LogP contribution in [0, 0.1) is 0 Å². The first-order valence-corrected chi connectivity index (χ1v) is 23.1. The third kappa shape index (κ3) is 10.0. The molecule has 0 amide bonds. The number of carbonyl (C=O) groups excluding carboxylic acids is 2. The van der Waals surface area contributed by atoms with Crippen LogP contribution in [-0.4, -0.2) is 69.7 Å². The number of hydrogen-bond acceptors (Lipinski definition) is 9. The molecule has 8 aromatic rings. The van der Waals surface area contributed by atoms with Crippen LogP contribution in [0.25, 0.3) is 43.9 Å². The normalized spacial score (nSPS) is 11.2. The Morgan fingerprint density at radius 2 is 1.21 bits per heavy atom. The maximum Gasteiger partial charge on any atom is 0.341 e. The van der Waals surface area contributed by atoms with E-state index in [9.17, 15) is 14.4 Å². The van der Waals surface area contributed by atoms with Gasteiger partial charge in [0.25, 0.3) is 0 Å². The molecule has 0 aliphatic rings. The van der Waals surface area contributed by atoms with E-state index in [0.717, 1.165) is 44.0 Å². The molecule has 298 valence electrons. The van der Waals surface area contributed by atoms with E-state index in [1.807, 2.05) is 63.7 Å². The van der Waals surface area contributed by atoms with E-state index in [1.54, 1.807) is 36.9 Å². The maximum absolute atomic E-state index is 12.2. The van der Waals surface area contributed by atoms with Gasteiger partial charge in [0, 0.05) is 60.8 Å². The first-order chi connectivity index (χ1) is 27.6. The molecule has 0 aliphatic carbocycles. The second kappa shape index (κ2) is 17.8. The highest BCUT2D eigenvalue weighted by Crippen LogP contribution is 2.26. The van der Waals surface area contributed by atoms with E-state index in [4.69, 9.17) is 48.5 Å². The van der Waals surface area contributed by atoms with Crippen molar-refractivity contribution in [1.82, 2.24) is 29.1 Å². The van der Waals surface area contributed by atoms with Crippen molar-refractivity contribution >= 4 is 97.5 Å². The molecule has 0 fully saturated rings. The third-order valence-electron chi connectivity index (χ3n) is 8.61. The number of aromatic nitrogens is 6. The molecule has 6 heterocycles. The Balaban J connectivity index is 0.000000175. The molecule has 0 aliphatic heterocycles. The van der Waals surface area contributed by atoms with E-state index in [0.29, 0.717) is 51.2 Å². The summed E-state index contributed by atoms with van der Waals surface area (Å²) in [5.74, 6) is -0.490. The maximum atomic E-state index is 12.2. The van der Waals surface area contributed by atoms with Gasteiger partial charge in [-0.25, -0.2) is 14.6 Å². The van der Waals surface area contributed by atoms with Gasteiger partial charge in [-0.1, -0.05) is 55.0 Å². The van der Waals surface area contributed by atoms with Crippen molar-refractivity contribution in [2.45, 2.75) is 32.7 Å². The van der Waals surface area contributed by atoms with E-state index in [-0.39, 0.29) is 5.56 Å². The number of H-pyrrole nitrogens is 1. The zero-order valence-electron chi connectivity index (χ0n) is 32.5. The van der Waals surface area contributed by atoms with Crippen molar-refractivity contribution in [3.63, 3.8) is 0 Å². The summed E-state index contributed by atoms with van der Waals surface area (Å²) in [4.78, 5) is 51.6. The van der Waals surface area contributed by atoms with Crippen LogP contribution in [0.5, 0.6) is 5.88 Å². The van der Waals surface area contributed by atoms with E-state index in [2.05, 4.69) is 39.6 Å². The lowest BCUT2D eigenvalue weighted by Gasteiger charge is -2.07. The van der Waals surface area contributed by atoms with Gasteiger partial charge in [-0.3, -0.25) is 14.8 Å². The van der Waals surface area contributed by atoms with Crippen molar-refractivity contribution in [2.24, 2.45) is 0 Å². The number of methoxy groups -OCH3 is 3. The molecule has 0 saturated carbocycles. The zero-order chi connectivity index (χ0) is 41.7. The highest BCUT2D eigenvalue weighted by atomic mass is 35.6. The van der Waals surface area contributed by atoms with Crippen molar-refractivity contribution in [3.8, 4) is 5.88 Å². The minimum Gasteiger partial charge on any atom is -0.481 e. The van der Waals surface area contributed by atoms with Crippen LogP contribution in [0.15, 0.2) is 102 Å². The van der Waals surface area contributed by atoms with Gasteiger partial charge in [-0.05, 0) is 59.7 Å². The quantitative estimate of drug-likeness (QED) is 0.0942. The second-order valence-corrected chi connectivity index (χ2v) is 22.5. The number of esters is 2. The van der Waals surface area contributed by atoms with Crippen LogP contribution in [0.1, 0.15) is 31.8 Å². The lowest BCUT2D eigenvalue weighted by Crippen LogP contribution is -2.06. The molecule has 0 saturated heterocycles. The largest absolute Gasteiger partial charge is 0.481 e. The summed E-state index contributed by atoms with van der Waals surface area (Å²) in [6.45, 7) is 7.35. The zero-order valence-corrected chi connectivity index (χ0v) is 35.7. The summed E-state index contributed by atoms with van der Waals surface area (Å²) in [7, 11) is 3.07. The number of hydrogen-bond donors (Lipinski definition) is 1. The number of benzene rings is 2. The van der Waals surface area contributed by atoms with Crippen LogP contribution >= 0.6 is 34.3 Å². The molecule has 0 spiro atoms. The number of pyridine rings is 4. The SMILES string of the molecule is COC(=O)c1cn(Cc2ccc3ncc(Cl)cc3c2)c2ccc(=O)[nH]c12.COC(=O)c1cn(Cc2ccc3ncc(Cl)cc3c2)c2ccc(OC)nc12.C[Si](C)(C)Cl. The van der Waals surface area contributed by atoms with Crippen molar-refractivity contribution < 1.29 is 23.8 Å². The highest BCUT2D eigenvalue weighted by Gasteiger charge is 2.19. The lowest BCUT2D eigenvalue weighted by atomic mass is 10.1. The standard InChI is InChI=1S/C20H16ClN3O3.C19H14ClN3O3.C3H9ClSi/c1-26-18-6-5-17-19(23-18)15(20(25)27-2)11-24(17)10-12-3-4-16-13(7-12)8-14(21)9-22-16;1-26-19(25)14-10-23(16-4-5-17(24)22-18(14)16)9-11-2-3-15-12(6-11)7-13(20)8-21-15;1-5(2,3)4/h3-9,11H,10H2,1-2H3;2-8,10H,9H2,1H3,(H,22,24);1-3H3. The van der Waals surface area contributed by atoms with Crippen LogP contribution < -0.4 is 10.3 Å². The summed E-state index contributed by atoms with van der Waals surface area (Å²) < 4.78 is 18.8. The van der Waals surface area contributed by atoms with Gasteiger partial charge in [0.2, 0.25) is 11.4 Å². The van der Waals surface area contributed by atoms with Gasteiger partial charge in [0.05, 0.1) is 59.0 Å². The molecule has 58 heavy (non-hydrogen) atoms. The number of carbonyl (C=O) groups is 2. The smallest absolute Gasteiger partial charge is 0.341 e. The first-order valence-electron chi connectivity index (χ1n) is 17.8. The topological polar surface area (TPSA) is 143 Å². The molecular formula is C42H39Cl3N6O6Si. The fraction of sp³-hybridized carbons (Fsp3) is 0.190. The summed E-state index contributed by atoms with van der Waals surface area (Å²) in [5, 5.41) is 3.07. The van der Waals surface area contributed by atoms with E-state index >= 15 is 0 Å². The first kappa shape index (κ1) is 41.9. The number of fused-ring (bicyclic) bond motifs is 4. The Kier molecular flexibility index (Phi) is 12.9. The van der Waals surface area contributed by atoms with Gasteiger partial charge in [0.1, 0.15) is 24.0 Å². The molecule has 12 nitrogen and oxygen atoms in total. The van der Waals surface area contributed by atoms with Crippen molar-refractivity contribution in [3.05, 3.63) is 140 Å². The van der Waals surface area contributed by atoms with Gasteiger partial charge >= 0.3 is 11.9 Å². The van der Waals surface area contributed by atoms with Crippen molar-refractivity contribution in [2.75, 3.05) is 21.3 Å². The molecule has 1 N–H and O–H groups in total. The number of nitrogens with zero attached hydrogens (tertiary/aromatic N) is 5. The average Bonchev–Trinajstić information content (AvgIpc) is 3.73. The van der Waals surface area contributed by atoms with E-state index < -0.39 is 19.3 Å². The Hall–Kier alpha value is -5.73. The number of ether oxygens (including phenoxy) is 3. The van der Waals surface area contributed by atoms with Gasteiger partial charge in [-0.15, -0.1) is 0 Å². The molecule has 6 aromatic heterocycles. The number of nitrogens with one attached hydrogen (secondary N) is 1. The Morgan fingerprint density at radius 3 is 1.74 bits per heavy atom. The second-order valence-electron chi connectivity index (χ2n) is 14.1. The third-order valence-corrected chi connectivity index (χ3v) is 9.02. The fourth-order valence-corrected chi connectivity index (χ4v) is 6.48. The van der Waals surface area contributed by atoms with Crippen LogP contribution in [0.2, 0.25) is 29.7 Å². The Bertz CT molecular complexity index is 2860. The molecule has 0 atom stereocenters. The van der Waals surface area contributed by atoms with Gasteiger partial charge in [0.15, 0.2) is 0 Å². The number of aromatic amines is 1. The molecule has 0 bridgehead atoms. The highest BCUT2D eigenvalue weighted by molar-refractivity contribution is 7.18. The summed E-state index contributed by atoms with van der Waals surface area (Å²) in [6.07, 6.45) is 6.68. The van der Waals surface area contributed by atoms with Crippen LogP contribution in [0.3, 0.4) is 0 Å². The Labute approximate surface area is 349 Å². The predicted molar refractivity (Wildman–Crippen MR) is 232 cm³/mol. The molecular weight excluding hydrogens is 819 g/mol. The average molecular weight is 858 g/mol. The minimum atomic E-state index is -1.14. The molecule has 16 heteroatoms. The molecule has 8 rings (SSSR count). The van der Waals surface area contributed by atoms with Gasteiger partial charge < -0.3 is 28.3 Å². The molecule has 0 radical (unpaired) electrons. The Morgan fingerprint density at radius 1 is 0.707 bits per heavy atom. The molecule has 0 unspecified atom stereocenters. The number of rotatable bonds is 7. The monoisotopic (exact) mass is 856 g/mol. The van der Waals surface area contributed by atoms with Gasteiger partial charge in [-0.2, -0.15) is 11.1 Å². The van der Waals surface area contributed by atoms with Crippen molar-refractivity contribution in [1.29, 1.82) is 0 Å². The lowest BCUT2D eigenvalue weighted by molar-refractivity contribution is 0.0593. The van der Waals surface area contributed by atoms with Crippen LogP contribution in [-0.2, 0) is 22.6 Å². The number of halogens is 3. The summed E-state index contributed by atoms with van der Waals surface area (Å²) in [5.41, 5.74) is 6.83. The fourth-order valence-electron chi connectivity index (χ4n) is 6.15. The summed E-state index contributed by atoms with van der Waals surface area (Å²) >= 11 is 17.7. The molecule has 2 aromatic carbocycles. The predicted octanol–water partition coefficient (Wildman–Crippen LogP) is 9.51.